The summed E-state index contributed by atoms with van der Waals surface area (Å²) in [5.41, 5.74) is 4.34. The molecule has 3 heterocycles. The number of rotatable bonds is 5. The lowest BCUT2D eigenvalue weighted by molar-refractivity contribution is -0.117. The van der Waals surface area contributed by atoms with Gasteiger partial charge in [-0.25, -0.2) is 4.98 Å². The molecule has 4 aromatic rings. The van der Waals surface area contributed by atoms with Crippen LogP contribution in [0.25, 0.3) is 22.2 Å². The first-order valence-electron chi connectivity index (χ1n) is 10.6. The highest BCUT2D eigenvalue weighted by Gasteiger charge is 2.29. The van der Waals surface area contributed by atoms with Crippen molar-refractivity contribution in [2.24, 2.45) is 7.05 Å². The number of aromatic nitrogens is 3. The molecule has 0 radical (unpaired) electrons. The zero-order chi connectivity index (χ0) is 21.5. The number of aryl methyl sites for hydroxylation is 1. The van der Waals surface area contributed by atoms with E-state index in [9.17, 15) is 9.59 Å². The summed E-state index contributed by atoms with van der Waals surface area (Å²) in [6.45, 7) is 1.89. The van der Waals surface area contributed by atoms with Crippen LogP contribution in [0.2, 0.25) is 0 Å². The minimum Gasteiger partial charge on any atom is -0.357 e. The Morgan fingerprint density at radius 3 is 2.68 bits per heavy atom. The average molecular weight is 412 g/mol. The lowest BCUT2D eigenvalue weighted by Crippen LogP contribution is -2.20. The van der Waals surface area contributed by atoms with Crippen LogP contribution in [0.3, 0.4) is 0 Å². The standard InChI is InChI=1S/C25H24N4O2/c1-15(16-6-4-3-5-7-16)24(30)28-21-11-10-18(17-8-9-17)22(27-21)20-14-29(2)25(31)23-19(20)12-13-26-23/h3-7,10-15,17,26H,8-9H2,1-2H3,(H,27,28,30)/t15-/m1/s1. The predicted molar refractivity (Wildman–Crippen MR) is 122 cm³/mol. The molecule has 1 saturated carbocycles. The van der Waals surface area contributed by atoms with Crippen LogP contribution in [0.1, 0.15) is 42.7 Å². The Morgan fingerprint density at radius 1 is 1.16 bits per heavy atom. The zero-order valence-corrected chi connectivity index (χ0v) is 17.6. The minimum absolute atomic E-state index is 0.0714. The van der Waals surface area contributed by atoms with Gasteiger partial charge >= 0.3 is 0 Å². The molecule has 1 amide bonds. The normalized spacial score (nSPS) is 14.5. The van der Waals surface area contributed by atoms with Crippen LogP contribution in [0.4, 0.5) is 5.82 Å². The summed E-state index contributed by atoms with van der Waals surface area (Å²) in [5, 5.41) is 3.82. The SMILES string of the molecule is C[C@@H](C(=O)Nc1ccc(C2CC2)c(-c2cn(C)c(=O)c3[nH]ccc23)n1)c1ccccc1. The second-order valence-electron chi connectivity index (χ2n) is 8.26. The van der Waals surface area contributed by atoms with E-state index in [1.54, 1.807) is 17.8 Å². The molecule has 5 rings (SSSR count). The van der Waals surface area contributed by atoms with E-state index in [1.807, 2.05) is 55.6 Å². The molecule has 1 aromatic carbocycles. The highest BCUT2D eigenvalue weighted by molar-refractivity contribution is 5.97. The maximum Gasteiger partial charge on any atom is 0.274 e. The number of nitrogens with one attached hydrogen (secondary N) is 2. The van der Waals surface area contributed by atoms with Gasteiger partial charge in [-0.1, -0.05) is 36.4 Å². The van der Waals surface area contributed by atoms with Gasteiger partial charge in [0.25, 0.3) is 5.56 Å². The fraction of sp³-hybridized carbons (Fsp3) is 0.240. The molecular formula is C25H24N4O2. The largest absolute Gasteiger partial charge is 0.357 e. The number of hydrogen-bond acceptors (Lipinski definition) is 3. The number of nitrogens with zero attached hydrogens (tertiary/aromatic N) is 2. The van der Waals surface area contributed by atoms with Gasteiger partial charge < -0.3 is 14.9 Å². The number of hydrogen-bond donors (Lipinski definition) is 2. The maximum atomic E-state index is 12.9. The third-order valence-electron chi connectivity index (χ3n) is 6.04. The molecule has 1 aliphatic carbocycles. The quantitative estimate of drug-likeness (QED) is 0.505. The molecule has 2 N–H and O–H groups in total. The molecule has 0 bridgehead atoms. The second-order valence-corrected chi connectivity index (χ2v) is 8.26. The lowest BCUT2D eigenvalue weighted by atomic mass is 10.00. The van der Waals surface area contributed by atoms with Crippen LogP contribution < -0.4 is 10.9 Å². The lowest BCUT2D eigenvalue weighted by Gasteiger charge is -2.15. The molecule has 1 aliphatic rings. The number of fused-ring (bicyclic) bond motifs is 1. The van der Waals surface area contributed by atoms with Gasteiger partial charge in [0, 0.05) is 30.4 Å². The first-order valence-corrected chi connectivity index (χ1v) is 10.6. The van der Waals surface area contributed by atoms with Crippen molar-refractivity contribution >= 4 is 22.6 Å². The molecular weight excluding hydrogens is 388 g/mol. The van der Waals surface area contributed by atoms with Crippen molar-refractivity contribution in [2.75, 3.05) is 5.32 Å². The monoisotopic (exact) mass is 412 g/mol. The molecule has 156 valence electrons. The van der Waals surface area contributed by atoms with Gasteiger partial charge in [0.15, 0.2) is 0 Å². The summed E-state index contributed by atoms with van der Waals surface area (Å²) in [4.78, 5) is 33.3. The van der Waals surface area contributed by atoms with Crippen molar-refractivity contribution in [2.45, 2.75) is 31.6 Å². The Hall–Kier alpha value is -3.67. The van der Waals surface area contributed by atoms with Crippen molar-refractivity contribution in [3.8, 4) is 11.3 Å². The van der Waals surface area contributed by atoms with Crippen molar-refractivity contribution in [3.63, 3.8) is 0 Å². The van der Waals surface area contributed by atoms with Crippen LogP contribution in [0.5, 0.6) is 0 Å². The number of pyridine rings is 2. The van der Waals surface area contributed by atoms with Gasteiger partial charge in [0.05, 0.1) is 11.6 Å². The van der Waals surface area contributed by atoms with Gasteiger partial charge in [-0.15, -0.1) is 0 Å². The van der Waals surface area contributed by atoms with E-state index in [1.165, 1.54) is 0 Å². The van der Waals surface area contributed by atoms with Gasteiger partial charge in [0.1, 0.15) is 11.3 Å². The smallest absolute Gasteiger partial charge is 0.274 e. The number of amides is 1. The number of anilines is 1. The minimum atomic E-state index is -0.288. The molecule has 1 fully saturated rings. The Bertz CT molecular complexity index is 1330. The summed E-state index contributed by atoms with van der Waals surface area (Å²) < 4.78 is 1.58. The van der Waals surface area contributed by atoms with Crippen LogP contribution in [-0.4, -0.2) is 20.4 Å². The van der Waals surface area contributed by atoms with Gasteiger partial charge in [-0.05, 0) is 48.9 Å². The molecule has 0 spiro atoms. The third kappa shape index (κ3) is 3.54. The topological polar surface area (TPSA) is 79.8 Å². The number of carbonyl (C=O) groups excluding carboxylic acids is 1. The van der Waals surface area contributed by atoms with Crippen molar-refractivity contribution in [3.05, 3.63) is 82.4 Å². The first kappa shape index (κ1) is 19.3. The highest BCUT2D eigenvalue weighted by atomic mass is 16.2. The van der Waals surface area contributed by atoms with Crippen LogP contribution >= 0.6 is 0 Å². The molecule has 31 heavy (non-hydrogen) atoms. The summed E-state index contributed by atoms with van der Waals surface area (Å²) in [6, 6.07) is 15.6. The number of aromatic amines is 1. The average Bonchev–Trinajstić information content (AvgIpc) is 3.52. The Balaban J connectivity index is 1.55. The maximum absolute atomic E-state index is 12.9. The molecule has 3 aromatic heterocycles. The van der Waals surface area contributed by atoms with E-state index in [4.69, 9.17) is 4.98 Å². The third-order valence-corrected chi connectivity index (χ3v) is 6.04. The van der Waals surface area contributed by atoms with Crippen molar-refractivity contribution < 1.29 is 4.79 Å². The predicted octanol–water partition coefficient (Wildman–Crippen LogP) is 4.55. The first-order chi connectivity index (χ1) is 15.0. The van der Waals surface area contributed by atoms with E-state index in [2.05, 4.69) is 16.4 Å². The van der Waals surface area contributed by atoms with Crippen molar-refractivity contribution in [1.29, 1.82) is 0 Å². The van der Waals surface area contributed by atoms with Gasteiger partial charge in [-0.2, -0.15) is 0 Å². The molecule has 0 aliphatic heterocycles. The van der Waals surface area contributed by atoms with E-state index in [-0.39, 0.29) is 17.4 Å². The number of carbonyl (C=O) groups is 1. The van der Waals surface area contributed by atoms with Crippen LogP contribution in [-0.2, 0) is 11.8 Å². The Kier molecular flexibility index (Phi) is 4.70. The van der Waals surface area contributed by atoms with Crippen LogP contribution in [0.15, 0.2) is 65.7 Å². The summed E-state index contributed by atoms with van der Waals surface area (Å²) in [6.07, 6.45) is 5.88. The van der Waals surface area contributed by atoms with Crippen molar-refractivity contribution in [1.82, 2.24) is 14.5 Å². The summed E-state index contributed by atoms with van der Waals surface area (Å²) >= 11 is 0. The van der Waals surface area contributed by atoms with Crippen LogP contribution in [0, 0.1) is 0 Å². The van der Waals surface area contributed by atoms with Gasteiger partial charge in [-0.3, -0.25) is 9.59 Å². The summed E-state index contributed by atoms with van der Waals surface area (Å²) in [7, 11) is 1.75. The summed E-state index contributed by atoms with van der Waals surface area (Å²) in [5.74, 6) is 0.603. The van der Waals surface area contributed by atoms with E-state index < -0.39 is 0 Å². The number of H-pyrrole nitrogens is 1. The fourth-order valence-corrected chi connectivity index (χ4v) is 4.06. The fourth-order valence-electron chi connectivity index (χ4n) is 4.06. The molecule has 0 saturated heterocycles. The van der Waals surface area contributed by atoms with E-state index >= 15 is 0 Å². The highest BCUT2D eigenvalue weighted by Crippen LogP contribution is 2.45. The molecule has 0 unspecified atom stereocenters. The second kappa shape index (κ2) is 7.54. The van der Waals surface area contributed by atoms with E-state index in [0.29, 0.717) is 17.3 Å². The van der Waals surface area contributed by atoms with E-state index in [0.717, 1.165) is 40.6 Å². The zero-order valence-electron chi connectivity index (χ0n) is 17.6. The molecule has 6 heteroatoms. The molecule has 6 nitrogen and oxygen atoms in total. The molecule has 1 atom stereocenters. The van der Waals surface area contributed by atoms with Gasteiger partial charge in [0.2, 0.25) is 5.91 Å². The number of benzene rings is 1. The Morgan fingerprint density at radius 2 is 1.94 bits per heavy atom. The Labute approximate surface area is 180 Å².